The average molecular weight is 441 g/mol. The molecular formula is C24H32N4O4. The number of hydrogen-bond donors (Lipinski definition) is 1. The van der Waals surface area contributed by atoms with Crippen molar-refractivity contribution in [2.24, 2.45) is 5.92 Å². The lowest BCUT2D eigenvalue weighted by Gasteiger charge is -2.34. The van der Waals surface area contributed by atoms with E-state index in [0.29, 0.717) is 12.2 Å². The van der Waals surface area contributed by atoms with Crippen LogP contribution in [0.3, 0.4) is 0 Å². The molecule has 0 saturated carbocycles. The molecule has 0 aromatic carbocycles. The van der Waals surface area contributed by atoms with E-state index in [9.17, 15) is 14.4 Å². The minimum Gasteiger partial charge on any atom is -0.465 e. The van der Waals surface area contributed by atoms with Crippen LogP contribution >= 0.6 is 0 Å². The molecule has 1 amide bonds. The van der Waals surface area contributed by atoms with Crippen molar-refractivity contribution < 1.29 is 14.3 Å². The van der Waals surface area contributed by atoms with Gasteiger partial charge in [0.2, 0.25) is 5.91 Å². The first-order valence-corrected chi connectivity index (χ1v) is 11.0. The molecule has 8 nitrogen and oxygen atoms in total. The Hall–Kier alpha value is -3.16. The largest absolute Gasteiger partial charge is 0.465 e. The van der Waals surface area contributed by atoms with Gasteiger partial charge in [-0.25, -0.2) is 0 Å². The van der Waals surface area contributed by atoms with Gasteiger partial charge < -0.3 is 19.5 Å². The lowest BCUT2D eigenvalue weighted by atomic mass is 9.88. The Morgan fingerprint density at radius 3 is 2.75 bits per heavy atom. The van der Waals surface area contributed by atoms with Crippen LogP contribution < -0.4 is 15.8 Å². The van der Waals surface area contributed by atoms with Gasteiger partial charge in [0.1, 0.15) is 6.54 Å². The fourth-order valence-electron chi connectivity index (χ4n) is 3.76. The third-order valence-electron chi connectivity index (χ3n) is 5.60. The van der Waals surface area contributed by atoms with E-state index in [2.05, 4.69) is 42.0 Å². The summed E-state index contributed by atoms with van der Waals surface area (Å²) in [7, 11) is 0. The fourth-order valence-corrected chi connectivity index (χ4v) is 3.76. The summed E-state index contributed by atoms with van der Waals surface area (Å²) in [6, 6.07) is 5.05. The molecule has 0 spiro atoms. The molecule has 1 fully saturated rings. The predicted octanol–water partition coefficient (Wildman–Crippen LogP) is 2.96. The molecule has 3 rings (SSSR count). The number of esters is 1. The summed E-state index contributed by atoms with van der Waals surface area (Å²) in [6.07, 6.45) is 6.91. The van der Waals surface area contributed by atoms with Gasteiger partial charge in [-0.1, -0.05) is 20.8 Å². The highest BCUT2D eigenvalue weighted by Crippen LogP contribution is 2.28. The number of ether oxygens (including phenoxy) is 1. The molecule has 0 radical (unpaired) electrons. The van der Waals surface area contributed by atoms with Crippen molar-refractivity contribution in [2.75, 3.05) is 29.9 Å². The van der Waals surface area contributed by atoms with E-state index in [1.807, 2.05) is 12.4 Å². The zero-order valence-electron chi connectivity index (χ0n) is 19.3. The molecule has 0 aliphatic carbocycles. The molecule has 32 heavy (non-hydrogen) atoms. The van der Waals surface area contributed by atoms with Crippen LogP contribution in [0.25, 0.3) is 0 Å². The first-order chi connectivity index (χ1) is 15.2. The Kier molecular flexibility index (Phi) is 7.33. The third-order valence-corrected chi connectivity index (χ3v) is 5.60. The summed E-state index contributed by atoms with van der Waals surface area (Å²) in [4.78, 5) is 43.3. The minimum absolute atomic E-state index is 0.00221. The molecule has 1 aliphatic heterocycles. The average Bonchev–Trinajstić information content (AvgIpc) is 2.76. The number of anilines is 2. The number of nitrogens with one attached hydrogen (secondary N) is 1. The molecule has 172 valence electrons. The first-order valence-electron chi connectivity index (χ1n) is 11.0. The predicted molar refractivity (Wildman–Crippen MR) is 124 cm³/mol. The van der Waals surface area contributed by atoms with E-state index in [1.165, 1.54) is 16.8 Å². The summed E-state index contributed by atoms with van der Waals surface area (Å²) in [5.41, 5.74) is 2.34. The number of rotatable bonds is 6. The van der Waals surface area contributed by atoms with Gasteiger partial charge in [0.25, 0.3) is 5.56 Å². The van der Waals surface area contributed by atoms with Crippen LogP contribution in [0, 0.1) is 5.92 Å². The van der Waals surface area contributed by atoms with Gasteiger partial charge in [0, 0.05) is 31.5 Å². The van der Waals surface area contributed by atoms with Crippen molar-refractivity contribution in [1.82, 2.24) is 9.55 Å². The summed E-state index contributed by atoms with van der Waals surface area (Å²) >= 11 is 0. The van der Waals surface area contributed by atoms with Gasteiger partial charge in [-0.3, -0.25) is 19.4 Å². The van der Waals surface area contributed by atoms with Gasteiger partial charge >= 0.3 is 5.97 Å². The van der Waals surface area contributed by atoms with Crippen LogP contribution in [-0.4, -0.2) is 41.1 Å². The van der Waals surface area contributed by atoms with Gasteiger partial charge in [-0.05, 0) is 42.9 Å². The molecule has 1 N–H and O–H groups in total. The van der Waals surface area contributed by atoms with Crippen molar-refractivity contribution in [2.45, 2.75) is 52.5 Å². The molecule has 1 aliphatic rings. The second-order valence-electron chi connectivity index (χ2n) is 9.15. The lowest BCUT2D eigenvalue weighted by Crippen LogP contribution is -2.41. The second kappa shape index (κ2) is 9.97. The smallest absolute Gasteiger partial charge is 0.326 e. The Bertz CT molecular complexity index is 1030. The number of carbonyl (C=O) groups is 2. The number of hydrogen-bond acceptors (Lipinski definition) is 6. The number of aromatic nitrogens is 2. The van der Waals surface area contributed by atoms with E-state index in [-0.39, 0.29) is 36.0 Å². The molecule has 3 heterocycles. The van der Waals surface area contributed by atoms with Gasteiger partial charge in [0.15, 0.2) is 0 Å². The molecule has 2 aromatic heterocycles. The maximum absolute atomic E-state index is 13.0. The topological polar surface area (TPSA) is 93.5 Å². The quantitative estimate of drug-likeness (QED) is 0.694. The number of pyridine rings is 2. The SMILES string of the molecule is CCOC(=O)Cn1cc(NC(=O)C2CCCN(c3cncc(C(C)(C)C)c3)C2)ccc1=O. The summed E-state index contributed by atoms with van der Waals surface area (Å²) < 4.78 is 6.14. The van der Waals surface area contributed by atoms with E-state index in [4.69, 9.17) is 4.74 Å². The van der Waals surface area contributed by atoms with Crippen molar-refractivity contribution in [3.8, 4) is 0 Å². The zero-order chi connectivity index (χ0) is 23.3. The van der Waals surface area contributed by atoms with Crippen LogP contribution in [-0.2, 0) is 26.3 Å². The fraction of sp³-hybridized carbons (Fsp3) is 0.500. The Morgan fingerprint density at radius 1 is 1.25 bits per heavy atom. The van der Waals surface area contributed by atoms with Crippen LogP contribution in [0.5, 0.6) is 0 Å². The Labute approximate surface area is 188 Å². The van der Waals surface area contributed by atoms with Crippen LogP contribution in [0.4, 0.5) is 11.4 Å². The maximum atomic E-state index is 13.0. The van der Waals surface area contributed by atoms with Gasteiger partial charge in [-0.15, -0.1) is 0 Å². The molecule has 8 heteroatoms. The van der Waals surface area contributed by atoms with E-state index in [1.54, 1.807) is 13.0 Å². The van der Waals surface area contributed by atoms with Crippen molar-refractivity contribution in [3.63, 3.8) is 0 Å². The summed E-state index contributed by atoms with van der Waals surface area (Å²) in [5.74, 6) is -0.782. The number of nitrogens with zero attached hydrogens (tertiary/aromatic N) is 3. The monoisotopic (exact) mass is 440 g/mol. The summed E-state index contributed by atoms with van der Waals surface area (Å²) in [6.45, 7) is 9.71. The van der Waals surface area contributed by atoms with Crippen molar-refractivity contribution >= 4 is 23.3 Å². The van der Waals surface area contributed by atoms with E-state index < -0.39 is 5.97 Å². The molecule has 1 saturated heterocycles. The van der Waals surface area contributed by atoms with Crippen molar-refractivity contribution in [3.05, 3.63) is 52.7 Å². The molecular weight excluding hydrogens is 408 g/mol. The van der Waals surface area contributed by atoms with E-state index >= 15 is 0 Å². The number of amides is 1. The molecule has 2 aromatic rings. The Balaban J connectivity index is 1.68. The summed E-state index contributed by atoms with van der Waals surface area (Å²) in [5, 5.41) is 2.90. The molecule has 1 atom stereocenters. The normalized spacial score (nSPS) is 16.5. The Morgan fingerprint density at radius 2 is 2.03 bits per heavy atom. The molecule has 0 bridgehead atoms. The van der Waals surface area contributed by atoms with Gasteiger partial charge in [-0.2, -0.15) is 0 Å². The highest BCUT2D eigenvalue weighted by atomic mass is 16.5. The van der Waals surface area contributed by atoms with E-state index in [0.717, 1.165) is 30.6 Å². The van der Waals surface area contributed by atoms with Crippen LogP contribution in [0.15, 0.2) is 41.6 Å². The zero-order valence-corrected chi connectivity index (χ0v) is 19.3. The van der Waals surface area contributed by atoms with Crippen LogP contribution in [0.2, 0.25) is 0 Å². The first kappa shape index (κ1) is 23.5. The third kappa shape index (κ3) is 5.96. The minimum atomic E-state index is -0.493. The number of carbonyl (C=O) groups excluding carboxylic acids is 2. The highest BCUT2D eigenvalue weighted by molar-refractivity contribution is 5.93. The highest BCUT2D eigenvalue weighted by Gasteiger charge is 2.27. The standard InChI is InChI=1S/C24H32N4O4/c1-5-32-22(30)16-28-15-19(8-9-21(28)29)26-23(31)17-7-6-10-27(14-17)20-11-18(12-25-13-20)24(2,3)4/h8-9,11-13,15,17H,5-7,10,14,16H2,1-4H3,(H,26,31). The number of piperidine rings is 1. The second-order valence-corrected chi connectivity index (χ2v) is 9.15. The van der Waals surface area contributed by atoms with Crippen LogP contribution in [0.1, 0.15) is 46.1 Å². The molecule has 1 unspecified atom stereocenters. The maximum Gasteiger partial charge on any atom is 0.326 e. The lowest BCUT2D eigenvalue weighted by molar-refractivity contribution is -0.143. The van der Waals surface area contributed by atoms with Gasteiger partial charge in [0.05, 0.1) is 30.1 Å². The van der Waals surface area contributed by atoms with Crippen molar-refractivity contribution in [1.29, 1.82) is 0 Å².